The first-order valence-electron chi connectivity index (χ1n) is 5.55. The molecule has 14 heavy (non-hydrogen) atoms. The van der Waals surface area contributed by atoms with Crippen LogP contribution in [0.25, 0.3) is 0 Å². The lowest BCUT2D eigenvalue weighted by Gasteiger charge is -2.41. The SMILES string of the molecule is O=C1NCCC1NC1CC2CC=CC21. The number of hydrogen-bond acceptors (Lipinski definition) is 2. The molecule has 0 aromatic rings. The third kappa shape index (κ3) is 1.19. The maximum atomic E-state index is 11.4. The summed E-state index contributed by atoms with van der Waals surface area (Å²) in [5.74, 6) is 1.77. The van der Waals surface area contributed by atoms with E-state index in [0.717, 1.165) is 18.9 Å². The van der Waals surface area contributed by atoms with Gasteiger partial charge in [0.1, 0.15) is 0 Å². The van der Waals surface area contributed by atoms with E-state index in [0.29, 0.717) is 12.0 Å². The lowest BCUT2D eigenvalue weighted by Crippen LogP contribution is -2.53. The molecule has 2 fully saturated rings. The van der Waals surface area contributed by atoms with E-state index in [1.807, 2.05) is 0 Å². The quantitative estimate of drug-likeness (QED) is 0.623. The monoisotopic (exact) mass is 192 g/mol. The van der Waals surface area contributed by atoms with Crippen LogP contribution in [0.2, 0.25) is 0 Å². The normalized spacial score (nSPS) is 44.7. The van der Waals surface area contributed by atoms with Gasteiger partial charge in [-0.3, -0.25) is 4.79 Å². The highest BCUT2D eigenvalue weighted by Crippen LogP contribution is 2.42. The largest absolute Gasteiger partial charge is 0.355 e. The van der Waals surface area contributed by atoms with Crippen molar-refractivity contribution in [2.75, 3.05) is 6.54 Å². The zero-order valence-electron chi connectivity index (χ0n) is 8.20. The number of allylic oxidation sites excluding steroid dienone is 1. The average molecular weight is 192 g/mol. The molecule has 0 bridgehead atoms. The molecule has 4 atom stereocenters. The summed E-state index contributed by atoms with van der Waals surface area (Å²) >= 11 is 0. The van der Waals surface area contributed by atoms with Gasteiger partial charge in [-0.15, -0.1) is 0 Å². The first kappa shape index (κ1) is 8.48. The minimum absolute atomic E-state index is 0.0787. The number of fused-ring (bicyclic) bond motifs is 1. The Morgan fingerprint density at radius 3 is 3.14 bits per heavy atom. The summed E-state index contributed by atoms with van der Waals surface area (Å²) in [4.78, 5) is 11.4. The van der Waals surface area contributed by atoms with E-state index >= 15 is 0 Å². The van der Waals surface area contributed by atoms with E-state index in [1.165, 1.54) is 12.8 Å². The Kier molecular flexibility index (Phi) is 1.87. The van der Waals surface area contributed by atoms with Crippen molar-refractivity contribution in [1.82, 2.24) is 10.6 Å². The van der Waals surface area contributed by atoms with Crippen molar-refractivity contribution in [1.29, 1.82) is 0 Å². The molecule has 1 saturated heterocycles. The van der Waals surface area contributed by atoms with Gasteiger partial charge in [0.25, 0.3) is 0 Å². The van der Waals surface area contributed by atoms with Crippen molar-refractivity contribution in [2.45, 2.75) is 31.3 Å². The van der Waals surface area contributed by atoms with Crippen LogP contribution >= 0.6 is 0 Å². The van der Waals surface area contributed by atoms with Gasteiger partial charge in [-0.1, -0.05) is 12.2 Å². The van der Waals surface area contributed by atoms with Crippen LogP contribution in [0.1, 0.15) is 19.3 Å². The van der Waals surface area contributed by atoms with Crippen molar-refractivity contribution in [3.05, 3.63) is 12.2 Å². The molecule has 76 valence electrons. The number of rotatable bonds is 2. The summed E-state index contributed by atoms with van der Waals surface area (Å²) in [6, 6.07) is 0.641. The van der Waals surface area contributed by atoms with Crippen LogP contribution in [0.15, 0.2) is 12.2 Å². The Morgan fingerprint density at radius 2 is 2.43 bits per heavy atom. The van der Waals surface area contributed by atoms with E-state index in [2.05, 4.69) is 22.8 Å². The summed E-state index contributed by atoms with van der Waals surface area (Å²) in [7, 11) is 0. The third-order valence-electron chi connectivity index (χ3n) is 3.83. The fraction of sp³-hybridized carbons (Fsp3) is 0.727. The fourth-order valence-electron chi connectivity index (χ4n) is 2.92. The number of carbonyl (C=O) groups excluding carboxylic acids is 1. The highest BCUT2D eigenvalue weighted by molar-refractivity contribution is 5.83. The van der Waals surface area contributed by atoms with Crippen LogP contribution in [0.4, 0.5) is 0 Å². The van der Waals surface area contributed by atoms with Gasteiger partial charge >= 0.3 is 0 Å². The first-order chi connectivity index (χ1) is 6.84. The van der Waals surface area contributed by atoms with Gasteiger partial charge in [-0.2, -0.15) is 0 Å². The van der Waals surface area contributed by atoms with E-state index in [1.54, 1.807) is 0 Å². The summed E-state index contributed by atoms with van der Waals surface area (Å²) in [6.45, 7) is 0.840. The summed E-state index contributed by atoms with van der Waals surface area (Å²) < 4.78 is 0. The minimum Gasteiger partial charge on any atom is -0.355 e. The van der Waals surface area contributed by atoms with Gasteiger partial charge < -0.3 is 10.6 Å². The first-order valence-corrected chi connectivity index (χ1v) is 5.55. The Hall–Kier alpha value is -0.830. The van der Waals surface area contributed by atoms with Gasteiger partial charge in [-0.25, -0.2) is 0 Å². The highest BCUT2D eigenvalue weighted by atomic mass is 16.2. The highest BCUT2D eigenvalue weighted by Gasteiger charge is 2.42. The van der Waals surface area contributed by atoms with Crippen LogP contribution in [-0.4, -0.2) is 24.5 Å². The zero-order valence-corrected chi connectivity index (χ0v) is 8.20. The van der Waals surface area contributed by atoms with Gasteiger partial charge in [0.05, 0.1) is 6.04 Å². The molecule has 2 N–H and O–H groups in total. The Balaban J connectivity index is 1.58. The van der Waals surface area contributed by atoms with E-state index in [9.17, 15) is 4.79 Å². The molecule has 1 saturated carbocycles. The second-order valence-electron chi connectivity index (χ2n) is 4.64. The second kappa shape index (κ2) is 3.09. The molecule has 3 rings (SSSR count). The maximum absolute atomic E-state index is 11.4. The Morgan fingerprint density at radius 1 is 1.50 bits per heavy atom. The summed E-state index contributed by atoms with van der Waals surface area (Å²) in [5.41, 5.74) is 0. The Bertz CT molecular complexity index is 287. The van der Waals surface area contributed by atoms with Gasteiger partial charge in [0.2, 0.25) is 5.91 Å². The second-order valence-corrected chi connectivity index (χ2v) is 4.64. The molecule has 0 aromatic heterocycles. The predicted octanol–water partition coefficient (Wildman–Crippen LogP) is 0.429. The van der Waals surface area contributed by atoms with Crippen molar-refractivity contribution in [2.24, 2.45) is 11.8 Å². The summed E-state index contributed by atoms with van der Waals surface area (Å²) in [5, 5.41) is 6.34. The van der Waals surface area contributed by atoms with E-state index in [-0.39, 0.29) is 11.9 Å². The standard InChI is InChI=1S/C11H16N2O/c14-11-9(4-5-12-11)13-10-6-7-2-1-3-8(7)10/h1,3,7-10,13H,2,4-6H2,(H,12,14). The number of amides is 1. The van der Waals surface area contributed by atoms with E-state index in [4.69, 9.17) is 0 Å². The molecule has 3 nitrogen and oxygen atoms in total. The molecule has 1 heterocycles. The van der Waals surface area contributed by atoms with Crippen LogP contribution in [0.5, 0.6) is 0 Å². The molecular formula is C11H16N2O. The van der Waals surface area contributed by atoms with E-state index < -0.39 is 0 Å². The molecule has 4 unspecified atom stereocenters. The number of carbonyl (C=O) groups is 1. The van der Waals surface area contributed by atoms with Crippen molar-refractivity contribution in [3.8, 4) is 0 Å². The van der Waals surface area contributed by atoms with Crippen LogP contribution in [-0.2, 0) is 4.79 Å². The minimum atomic E-state index is 0.0787. The smallest absolute Gasteiger partial charge is 0.237 e. The summed E-state index contributed by atoms with van der Waals surface area (Å²) in [6.07, 6.45) is 8.06. The van der Waals surface area contributed by atoms with Crippen molar-refractivity contribution >= 4 is 5.91 Å². The molecule has 3 aliphatic rings. The lowest BCUT2D eigenvalue weighted by atomic mass is 9.71. The van der Waals surface area contributed by atoms with Gasteiger partial charge in [0.15, 0.2) is 0 Å². The molecular weight excluding hydrogens is 176 g/mol. The zero-order chi connectivity index (χ0) is 9.54. The molecule has 0 spiro atoms. The van der Waals surface area contributed by atoms with Crippen LogP contribution in [0.3, 0.4) is 0 Å². The van der Waals surface area contributed by atoms with Gasteiger partial charge in [-0.05, 0) is 31.1 Å². The molecule has 1 amide bonds. The van der Waals surface area contributed by atoms with Crippen molar-refractivity contribution in [3.63, 3.8) is 0 Å². The van der Waals surface area contributed by atoms with Gasteiger partial charge in [0, 0.05) is 12.6 Å². The predicted molar refractivity (Wildman–Crippen MR) is 53.7 cm³/mol. The maximum Gasteiger partial charge on any atom is 0.237 e. The van der Waals surface area contributed by atoms with Crippen LogP contribution in [0, 0.1) is 11.8 Å². The molecule has 3 heteroatoms. The molecule has 1 aliphatic heterocycles. The number of nitrogens with one attached hydrogen (secondary N) is 2. The van der Waals surface area contributed by atoms with Crippen molar-refractivity contribution < 1.29 is 4.79 Å². The lowest BCUT2D eigenvalue weighted by molar-refractivity contribution is -0.121. The molecule has 2 aliphatic carbocycles. The number of hydrogen-bond donors (Lipinski definition) is 2. The third-order valence-corrected chi connectivity index (χ3v) is 3.83. The Labute approximate surface area is 83.9 Å². The fourth-order valence-corrected chi connectivity index (χ4v) is 2.92. The molecule has 0 aromatic carbocycles. The van der Waals surface area contributed by atoms with Crippen LogP contribution < -0.4 is 10.6 Å². The average Bonchev–Trinajstić information content (AvgIpc) is 2.69. The molecule has 0 radical (unpaired) electrons. The topological polar surface area (TPSA) is 41.1 Å².